The van der Waals surface area contributed by atoms with E-state index in [2.05, 4.69) is 35.6 Å². The summed E-state index contributed by atoms with van der Waals surface area (Å²) in [6.07, 6.45) is 6.92. The van der Waals surface area contributed by atoms with Crippen molar-refractivity contribution in [2.45, 2.75) is 46.0 Å². The first-order valence-electron chi connectivity index (χ1n) is 8.68. The van der Waals surface area contributed by atoms with Crippen LogP contribution in [0.15, 0.2) is 0 Å². The molecule has 0 unspecified atom stereocenters. The molecule has 4 heteroatoms. The number of carbonyl (C=O) groups is 1. The van der Waals surface area contributed by atoms with Crippen LogP contribution in [0.1, 0.15) is 46.0 Å². The highest BCUT2D eigenvalue weighted by atomic mass is 16.1. The normalized spacial score (nSPS) is 20.9. The standard InChI is InChI=1S/C13H27N3.C3H8.CH2O/c1-14-10-12-16(13-11-14)9-5-8-15-6-3-2-4-7-15;1-3-2;1-2/h2-13H2,1H3;3H2,1-2H3;1H2. The number of piperazine rings is 1. The predicted octanol–water partition coefficient (Wildman–Crippen LogP) is 2.34. The number of carbonyl (C=O) groups excluding carboxylic acids is 1. The van der Waals surface area contributed by atoms with E-state index in [1.165, 1.54) is 84.5 Å². The van der Waals surface area contributed by atoms with Crippen molar-refractivity contribution in [3.63, 3.8) is 0 Å². The lowest BCUT2D eigenvalue weighted by molar-refractivity contribution is -0.0979. The van der Waals surface area contributed by atoms with Gasteiger partial charge in [0.15, 0.2) is 0 Å². The van der Waals surface area contributed by atoms with Crippen LogP contribution in [0.25, 0.3) is 0 Å². The average Bonchev–Trinajstić information content (AvgIpc) is 2.53. The molecule has 0 atom stereocenters. The van der Waals surface area contributed by atoms with Gasteiger partial charge in [-0.15, -0.1) is 0 Å². The van der Waals surface area contributed by atoms with Crippen molar-refractivity contribution in [1.29, 1.82) is 0 Å². The fourth-order valence-corrected chi connectivity index (χ4v) is 2.77. The lowest BCUT2D eigenvalue weighted by Gasteiger charge is -2.33. The second-order valence-electron chi connectivity index (χ2n) is 6.11. The van der Waals surface area contributed by atoms with Crippen LogP contribution in [-0.4, -0.2) is 80.9 Å². The number of hydrogen-bond donors (Lipinski definition) is 0. The molecule has 0 aromatic carbocycles. The van der Waals surface area contributed by atoms with Crippen LogP contribution in [0.3, 0.4) is 0 Å². The zero-order chi connectivity index (χ0) is 15.9. The van der Waals surface area contributed by atoms with Gasteiger partial charge in [0.25, 0.3) is 0 Å². The van der Waals surface area contributed by atoms with E-state index in [1.54, 1.807) is 0 Å². The largest absolute Gasteiger partial charge is 0.307 e. The third-order valence-corrected chi connectivity index (χ3v) is 3.99. The molecule has 0 aromatic rings. The number of piperidine rings is 1. The van der Waals surface area contributed by atoms with Gasteiger partial charge < -0.3 is 19.5 Å². The van der Waals surface area contributed by atoms with Crippen LogP contribution in [0.5, 0.6) is 0 Å². The molecular formula is C17H37N3O. The van der Waals surface area contributed by atoms with E-state index in [0.29, 0.717) is 0 Å². The van der Waals surface area contributed by atoms with Gasteiger partial charge in [0.1, 0.15) is 6.79 Å². The SMILES string of the molecule is C=O.CCC.CN1CCN(CCCN2CCCCC2)CC1. The molecule has 2 aliphatic rings. The van der Waals surface area contributed by atoms with Gasteiger partial charge in [-0.3, -0.25) is 0 Å². The summed E-state index contributed by atoms with van der Waals surface area (Å²) in [5.74, 6) is 0. The highest BCUT2D eigenvalue weighted by Gasteiger charge is 2.14. The van der Waals surface area contributed by atoms with Crippen LogP contribution in [0.4, 0.5) is 0 Å². The highest BCUT2D eigenvalue weighted by Crippen LogP contribution is 2.09. The van der Waals surface area contributed by atoms with E-state index in [4.69, 9.17) is 4.79 Å². The molecule has 0 spiro atoms. The highest BCUT2D eigenvalue weighted by molar-refractivity contribution is 5.10. The third kappa shape index (κ3) is 10.9. The van der Waals surface area contributed by atoms with Gasteiger partial charge in [-0.25, -0.2) is 0 Å². The van der Waals surface area contributed by atoms with Crippen molar-refractivity contribution in [3.8, 4) is 0 Å². The topological polar surface area (TPSA) is 26.8 Å². The number of likely N-dealkylation sites (N-methyl/N-ethyl adjacent to an activating group) is 1. The Morgan fingerprint density at radius 2 is 1.19 bits per heavy atom. The Kier molecular flexibility index (Phi) is 14.2. The smallest absolute Gasteiger partial charge is 0.106 e. The molecule has 2 aliphatic heterocycles. The zero-order valence-corrected chi connectivity index (χ0v) is 14.6. The molecule has 2 heterocycles. The number of hydrogen-bond acceptors (Lipinski definition) is 4. The Hall–Kier alpha value is -0.450. The maximum atomic E-state index is 8.00. The van der Waals surface area contributed by atoms with Gasteiger partial charge in [-0.05, 0) is 52.5 Å². The number of likely N-dealkylation sites (tertiary alicyclic amines) is 1. The maximum absolute atomic E-state index is 8.00. The zero-order valence-electron chi connectivity index (χ0n) is 14.6. The number of nitrogens with zero attached hydrogens (tertiary/aromatic N) is 3. The summed E-state index contributed by atoms with van der Waals surface area (Å²) in [5.41, 5.74) is 0. The molecule has 126 valence electrons. The van der Waals surface area contributed by atoms with E-state index in [9.17, 15) is 0 Å². The molecule has 0 saturated carbocycles. The minimum Gasteiger partial charge on any atom is -0.307 e. The Labute approximate surface area is 132 Å². The third-order valence-electron chi connectivity index (χ3n) is 3.99. The van der Waals surface area contributed by atoms with Crippen LogP contribution >= 0.6 is 0 Å². The lowest BCUT2D eigenvalue weighted by atomic mass is 10.1. The molecule has 4 nitrogen and oxygen atoms in total. The summed E-state index contributed by atoms with van der Waals surface area (Å²) in [5, 5.41) is 0. The summed E-state index contributed by atoms with van der Waals surface area (Å²) in [7, 11) is 2.23. The molecule has 0 N–H and O–H groups in total. The summed E-state index contributed by atoms with van der Waals surface area (Å²) >= 11 is 0. The van der Waals surface area contributed by atoms with Crippen molar-refractivity contribution in [1.82, 2.24) is 14.7 Å². The van der Waals surface area contributed by atoms with Gasteiger partial charge >= 0.3 is 0 Å². The molecule has 0 bridgehead atoms. The molecule has 0 amide bonds. The molecular weight excluding hydrogens is 262 g/mol. The van der Waals surface area contributed by atoms with Gasteiger partial charge in [-0.1, -0.05) is 26.7 Å². The Balaban J connectivity index is 0.000000713. The molecule has 0 aliphatic carbocycles. The van der Waals surface area contributed by atoms with E-state index in [-0.39, 0.29) is 0 Å². The summed E-state index contributed by atoms with van der Waals surface area (Å²) in [6, 6.07) is 0. The predicted molar refractivity (Wildman–Crippen MR) is 91.9 cm³/mol. The molecule has 0 aromatic heterocycles. The first-order chi connectivity index (χ1) is 10.3. The monoisotopic (exact) mass is 299 g/mol. The summed E-state index contributed by atoms with van der Waals surface area (Å²) < 4.78 is 0. The van der Waals surface area contributed by atoms with Gasteiger partial charge in [0, 0.05) is 26.2 Å². The fourth-order valence-electron chi connectivity index (χ4n) is 2.77. The van der Waals surface area contributed by atoms with Crippen molar-refractivity contribution in [3.05, 3.63) is 0 Å². The van der Waals surface area contributed by atoms with Crippen LogP contribution in [-0.2, 0) is 4.79 Å². The van der Waals surface area contributed by atoms with Crippen molar-refractivity contribution in [2.24, 2.45) is 0 Å². The fraction of sp³-hybridized carbons (Fsp3) is 0.941. The first kappa shape index (κ1) is 20.6. The lowest BCUT2D eigenvalue weighted by Crippen LogP contribution is -2.45. The summed E-state index contributed by atoms with van der Waals surface area (Å²) in [4.78, 5) is 15.7. The average molecular weight is 300 g/mol. The second-order valence-corrected chi connectivity index (χ2v) is 6.11. The van der Waals surface area contributed by atoms with Crippen molar-refractivity contribution >= 4 is 6.79 Å². The van der Waals surface area contributed by atoms with E-state index in [1.807, 2.05) is 6.79 Å². The van der Waals surface area contributed by atoms with Crippen molar-refractivity contribution < 1.29 is 4.79 Å². The molecule has 2 rings (SSSR count). The minimum atomic E-state index is 1.25. The molecule has 2 saturated heterocycles. The van der Waals surface area contributed by atoms with Crippen LogP contribution < -0.4 is 0 Å². The van der Waals surface area contributed by atoms with E-state index >= 15 is 0 Å². The Bertz CT molecular complexity index is 212. The molecule has 0 radical (unpaired) electrons. The maximum Gasteiger partial charge on any atom is 0.106 e. The van der Waals surface area contributed by atoms with Crippen molar-refractivity contribution in [2.75, 3.05) is 59.4 Å². The molecule has 21 heavy (non-hydrogen) atoms. The van der Waals surface area contributed by atoms with E-state index < -0.39 is 0 Å². The van der Waals surface area contributed by atoms with Crippen LogP contribution in [0.2, 0.25) is 0 Å². The van der Waals surface area contributed by atoms with Gasteiger partial charge in [0.05, 0.1) is 0 Å². The van der Waals surface area contributed by atoms with E-state index in [0.717, 1.165) is 0 Å². The van der Waals surface area contributed by atoms with Gasteiger partial charge in [0.2, 0.25) is 0 Å². The van der Waals surface area contributed by atoms with Gasteiger partial charge in [-0.2, -0.15) is 0 Å². The summed E-state index contributed by atoms with van der Waals surface area (Å²) in [6.45, 7) is 16.6. The number of rotatable bonds is 4. The molecule has 2 fully saturated rings. The minimum absolute atomic E-state index is 1.25. The quantitative estimate of drug-likeness (QED) is 0.796. The second kappa shape index (κ2) is 14.5. The first-order valence-corrected chi connectivity index (χ1v) is 8.68. The Morgan fingerprint density at radius 1 is 0.762 bits per heavy atom. The van der Waals surface area contributed by atoms with Crippen LogP contribution in [0, 0.1) is 0 Å². The Morgan fingerprint density at radius 3 is 1.67 bits per heavy atom.